The second-order valence-electron chi connectivity index (χ2n) is 10.7. The summed E-state index contributed by atoms with van der Waals surface area (Å²) in [4.78, 5) is 11.8. The van der Waals surface area contributed by atoms with Crippen LogP contribution in [0.15, 0.2) is 65.5 Å². The van der Waals surface area contributed by atoms with Crippen LogP contribution in [0, 0.1) is 12.8 Å². The first-order valence-electron chi connectivity index (χ1n) is 11.5. The van der Waals surface area contributed by atoms with Crippen LogP contribution in [0.2, 0.25) is 0 Å². The van der Waals surface area contributed by atoms with Crippen molar-refractivity contribution < 1.29 is 9.21 Å². The zero-order chi connectivity index (χ0) is 23.3. The number of Topliss-reactive ketones (excluding diaryl/α,β-unsaturated/α-hetero) is 1. The Bertz CT molecular complexity index is 1250. The van der Waals surface area contributed by atoms with Gasteiger partial charge in [-0.15, -0.1) is 0 Å². The Morgan fingerprint density at radius 3 is 2.19 bits per heavy atom. The van der Waals surface area contributed by atoms with Gasteiger partial charge in [0.15, 0.2) is 5.78 Å². The quantitative estimate of drug-likeness (QED) is 0.286. The molecule has 3 aromatic carbocycles. The molecule has 5 rings (SSSR count). The molecular formula is C30H34O2. The maximum atomic E-state index is 11.8. The second kappa shape index (κ2) is 7.92. The fraction of sp³-hybridized carbons (Fsp3) is 0.367. The molecule has 1 heterocycles. The van der Waals surface area contributed by atoms with Crippen molar-refractivity contribution in [1.82, 2.24) is 0 Å². The lowest BCUT2D eigenvalue weighted by Crippen LogP contribution is -2.40. The standard InChI is InChI=1S/C18H26O.C12H8O/c1-11-8-16-15(9-14(11)13(3)19)17(4,5)10-12(2)18(16,6)7;1-2-9-6-11-4-5-13-8-12(11)7-10(9)3-1/h8-9,12H,10H2,1-7H3;1-8H. The molecule has 0 bridgehead atoms. The molecule has 0 saturated carbocycles. The third-order valence-corrected chi connectivity index (χ3v) is 7.58. The van der Waals surface area contributed by atoms with E-state index < -0.39 is 0 Å². The summed E-state index contributed by atoms with van der Waals surface area (Å²) >= 11 is 0. The van der Waals surface area contributed by atoms with E-state index in [0.717, 1.165) is 16.5 Å². The number of rotatable bonds is 1. The lowest BCUT2D eigenvalue weighted by atomic mass is 9.58. The Kier molecular flexibility index (Phi) is 5.53. The number of aryl methyl sites for hydroxylation is 1. The van der Waals surface area contributed by atoms with Gasteiger partial charge in [-0.3, -0.25) is 4.79 Å². The number of fused-ring (bicyclic) bond motifs is 3. The Balaban J connectivity index is 0.000000163. The second-order valence-corrected chi connectivity index (χ2v) is 10.7. The van der Waals surface area contributed by atoms with E-state index in [-0.39, 0.29) is 16.6 Å². The highest BCUT2D eigenvalue weighted by Gasteiger charge is 2.42. The number of hydrogen-bond donors (Lipinski definition) is 0. The minimum absolute atomic E-state index is 0.155. The first-order chi connectivity index (χ1) is 15.0. The topological polar surface area (TPSA) is 30.2 Å². The molecule has 1 aromatic heterocycles. The number of benzene rings is 2. The van der Waals surface area contributed by atoms with Crippen molar-refractivity contribution in [3.8, 4) is 0 Å². The summed E-state index contributed by atoms with van der Waals surface area (Å²) in [5.41, 5.74) is 5.14. The zero-order valence-corrected chi connectivity index (χ0v) is 20.4. The predicted octanol–water partition coefficient (Wildman–Crippen LogP) is 8.38. The predicted molar refractivity (Wildman–Crippen MR) is 135 cm³/mol. The van der Waals surface area contributed by atoms with Gasteiger partial charge in [-0.1, -0.05) is 58.9 Å². The molecule has 0 fully saturated rings. The number of carbonyl (C=O) groups excluding carboxylic acids is 1. The number of carbonyl (C=O) groups is 1. The first-order valence-corrected chi connectivity index (χ1v) is 11.5. The number of ketones is 1. The van der Waals surface area contributed by atoms with E-state index in [1.165, 1.54) is 33.7 Å². The van der Waals surface area contributed by atoms with Crippen LogP contribution in [0.3, 0.4) is 0 Å². The molecular weight excluding hydrogens is 392 g/mol. The van der Waals surface area contributed by atoms with Crippen LogP contribution in [-0.2, 0) is 10.8 Å². The van der Waals surface area contributed by atoms with Crippen molar-refractivity contribution in [2.45, 2.75) is 65.7 Å². The van der Waals surface area contributed by atoms with Gasteiger partial charge in [0.2, 0.25) is 0 Å². The van der Waals surface area contributed by atoms with Crippen LogP contribution in [0.25, 0.3) is 21.5 Å². The summed E-state index contributed by atoms with van der Waals surface area (Å²) in [6.07, 6.45) is 4.66. The normalized spacial score (nSPS) is 18.7. The molecule has 1 aliphatic carbocycles. The fourth-order valence-corrected chi connectivity index (χ4v) is 5.26. The van der Waals surface area contributed by atoms with Crippen molar-refractivity contribution in [3.05, 3.63) is 83.3 Å². The third kappa shape index (κ3) is 3.88. The molecule has 0 saturated heterocycles. The van der Waals surface area contributed by atoms with Crippen LogP contribution in [-0.4, -0.2) is 5.78 Å². The lowest BCUT2D eigenvalue weighted by molar-refractivity contribution is 0.101. The van der Waals surface area contributed by atoms with Crippen LogP contribution < -0.4 is 0 Å². The third-order valence-electron chi connectivity index (χ3n) is 7.58. The van der Waals surface area contributed by atoms with Crippen molar-refractivity contribution in [2.75, 3.05) is 0 Å². The summed E-state index contributed by atoms with van der Waals surface area (Å²) in [5, 5.41) is 4.94. The molecule has 0 aliphatic heterocycles. The van der Waals surface area contributed by atoms with E-state index in [1.54, 1.807) is 19.5 Å². The van der Waals surface area contributed by atoms with E-state index in [1.807, 2.05) is 6.07 Å². The molecule has 2 nitrogen and oxygen atoms in total. The van der Waals surface area contributed by atoms with Gasteiger partial charge in [0.25, 0.3) is 0 Å². The Morgan fingerprint density at radius 2 is 1.53 bits per heavy atom. The Hall–Kier alpha value is -2.87. The van der Waals surface area contributed by atoms with Gasteiger partial charge < -0.3 is 4.42 Å². The molecule has 1 aliphatic rings. The summed E-state index contributed by atoms with van der Waals surface area (Å²) in [7, 11) is 0. The van der Waals surface area contributed by atoms with Crippen LogP contribution in [0.1, 0.15) is 75.0 Å². The van der Waals surface area contributed by atoms with Gasteiger partial charge in [-0.2, -0.15) is 0 Å². The minimum atomic E-state index is 0.155. The molecule has 0 spiro atoms. The van der Waals surface area contributed by atoms with Gasteiger partial charge in [-0.25, -0.2) is 0 Å². The Labute approximate surface area is 191 Å². The summed E-state index contributed by atoms with van der Waals surface area (Å²) in [6, 6.07) is 17.0. The van der Waals surface area contributed by atoms with Crippen molar-refractivity contribution in [1.29, 1.82) is 0 Å². The maximum Gasteiger partial charge on any atom is 0.160 e. The van der Waals surface area contributed by atoms with Gasteiger partial charge in [0, 0.05) is 10.9 Å². The minimum Gasteiger partial charge on any atom is -0.472 e. The van der Waals surface area contributed by atoms with Crippen molar-refractivity contribution >= 4 is 27.3 Å². The highest BCUT2D eigenvalue weighted by atomic mass is 16.3. The maximum absolute atomic E-state index is 11.8. The monoisotopic (exact) mass is 426 g/mol. The molecule has 1 unspecified atom stereocenters. The van der Waals surface area contributed by atoms with Crippen molar-refractivity contribution in [3.63, 3.8) is 0 Å². The number of hydrogen-bond acceptors (Lipinski definition) is 2. The van der Waals surface area contributed by atoms with E-state index in [9.17, 15) is 4.79 Å². The zero-order valence-electron chi connectivity index (χ0n) is 20.4. The van der Waals surface area contributed by atoms with Gasteiger partial charge in [0.1, 0.15) is 0 Å². The SMILES string of the molecule is CC(=O)c1cc2c(cc1C)C(C)(C)C(C)CC2(C)C.c1cc2cc3ccocc3cc2c1. The van der Waals surface area contributed by atoms with Gasteiger partial charge in [-0.05, 0) is 94.1 Å². The van der Waals surface area contributed by atoms with Crippen LogP contribution in [0.4, 0.5) is 0 Å². The highest BCUT2D eigenvalue weighted by Crippen LogP contribution is 2.49. The molecule has 1 atom stereocenters. The molecule has 0 radical (unpaired) electrons. The Morgan fingerprint density at radius 1 is 0.906 bits per heavy atom. The summed E-state index contributed by atoms with van der Waals surface area (Å²) in [5.74, 6) is 0.824. The smallest absolute Gasteiger partial charge is 0.160 e. The molecule has 0 N–H and O–H groups in total. The molecule has 166 valence electrons. The summed E-state index contributed by atoms with van der Waals surface area (Å²) in [6.45, 7) is 15.3. The van der Waals surface area contributed by atoms with Gasteiger partial charge in [0.05, 0.1) is 12.5 Å². The average molecular weight is 427 g/mol. The molecule has 0 amide bonds. The molecule has 32 heavy (non-hydrogen) atoms. The first kappa shape index (κ1) is 22.3. The van der Waals surface area contributed by atoms with E-state index in [0.29, 0.717) is 5.92 Å². The van der Waals surface area contributed by atoms with E-state index >= 15 is 0 Å². The average Bonchev–Trinajstić information content (AvgIpc) is 3.18. The lowest BCUT2D eigenvalue weighted by Gasteiger charge is -2.47. The fourth-order valence-electron chi connectivity index (χ4n) is 5.26. The molecule has 2 heteroatoms. The highest BCUT2D eigenvalue weighted by molar-refractivity contribution is 5.98. The van der Waals surface area contributed by atoms with Gasteiger partial charge >= 0.3 is 0 Å². The summed E-state index contributed by atoms with van der Waals surface area (Å²) < 4.78 is 5.12. The van der Waals surface area contributed by atoms with E-state index in [4.69, 9.17) is 4.42 Å². The van der Waals surface area contributed by atoms with Crippen LogP contribution in [0.5, 0.6) is 0 Å². The largest absolute Gasteiger partial charge is 0.472 e. The van der Waals surface area contributed by atoms with Crippen molar-refractivity contribution in [2.24, 2.45) is 5.92 Å². The molecule has 4 aromatic rings. The van der Waals surface area contributed by atoms with Crippen LogP contribution >= 0.6 is 0 Å². The van der Waals surface area contributed by atoms with E-state index in [2.05, 4.69) is 84.0 Å².